The normalized spacial score (nSPS) is 11.2. The van der Waals surface area contributed by atoms with Crippen molar-refractivity contribution in [3.63, 3.8) is 0 Å². The number of alkyl halides is 3. The second-order valence-electron chi connectivity index (χ2n) is 4.68. The molecule has 0 aliphatic rings. The Morgan fingerprint density at radius 1 is 0.920 bits per heavy atom. The number of nitrogens with zero attached hydrogens (tertiary/aromatic N) is 2. The van der Waals surface area contributed by atoms with Gasteiger partial charge in [-0.05, 0) is 18.2 Å². The minimum Gasteiger partial charge on any atom is -0.349 e. The van der Waals surface area contributed by atoms with Crippen molar-refractivity contribution in [1.29, 1.82) is 0 Å². The van der Waals surface area contributed by atoms with Gasteiger partial charge in [-0.25, -0.2) is 0 Å². The molecule has 0 fully saturated rings. The quantitative estimate of drug-likeness (QED) is 0.538. The van der Waals surface area contributed by atoms with Crippen LogP contribution in [0.4, 0.5) is 35.9 Å². The SMILES string of the molecule is O=[N+]([O-])c1cc([N+](=O)[O-])c(Nc2cc(Cl)cc(Cl)c2)c(C(F)(F)F)c1. The second-order valence-corrected chi connectivity index (χ2v) is 5.56. The number of nitro benzene ring substituents is 2. The summed E-state index contributed by atoms with van der Waals surface area (Å²) in [5.41, 5.74) is -4.75. The van der Waals surface area contributed by atoms with E-state index in [2.05, 4.69) is 5.32 Å². The van der Waals surface area contributed by atoms with Gasteiger partial charge in [-0.3, -0.25) is 20.2 Å². The molecular weight excluding hydrogens is 390 g/mol. The summed E-state index contributed by atoms with van der Waals surface area (Å²) < 4.78 is 39.8. The molecule has 2 aromatic rings. The van der Waals surface area contributed by atoms with Crippen molar-refractivity contribution in [2.24, 2.45) is 0 Å². The van der Waals surface area contributed by atoms with Crippen LogP contribution in [-0.4, -0.2) is 9.85 Å². The monoisotopic (exact) mass is 395 g/mol. The Hall–Kier alpha value is -2.59. The highest BCUT2D eigenvalue weighted by molar-refractivity contribution is 6.35. The van der Waals surface area contributed by atoms with E-state index in [0.717, 1.165) is 0 Å². The fourth-order valence-electron chi connectivity index (χ4n) is 1.99. The lowest BCUT2D eigenvalue weighted by molar-refractivity contribution is -0.394. The summed E-state index contributed by atoms with van der Waals surface area (Å²) in [4.78, 5) is 19.6. The van der Waals surface area contributed by atoms with Crippen LogP contribution in [0.1, 0.15) is 5.56 Å². The van der Waals surface area contributed by atoms with Crippen molar-refractivity contribution in [3.05, 3.63) is 66.2 Å². The van der Waals surface area contributed by atoms with Gasteiger partial charge in [0.15, 0.2) is 0 Å². The van der Waals surface area contributed by atoms with Gasteiger partial charge in [-0.15, -0.1) is 0 Å². The van der Waals surface area contributed by atoms with E-state index >= 15 is 0 Å². The maximum absolute atomic E-state index is 13.3. The van der Waals surface area contributed by atoms with E-state index in [1.54, 1.807) is 0 Å². The lowest BCUT2D eigenvalue weighted by Gasteiger charge is -2.15. The van der Waals surface area contributed by atoms with Gasteiger partial charge >= 0.3 is 6.18 Å². The topological polar surface area (TPSA) is 98.3 Å². The molecule has 0 bridgehead atoms. The number of benzene rings is 2. The third-order valence-electron chi connectivity index (χ3n) is 2.95. The van der Waals surface area contributed by atoms with E-state index in [4.69, 9.17) is 23.2 Å². The Balaban J connectivity index is 2.72. The maximum atomic E-state index is 13.3. The number of anilines is 2. The first-order valence-corrected chi connectivity index (χ1v) is 7.02. The average Bonchev–Trinajstić information content (AvgIpc) is 2.44. The van der Waals surface area contributed by atoms with Gasteiger partial charge in [0.1, 0.15) is 5.69 Å². The molecule has 0 aromatic heterocycles. The van der Waals surface area contributed by atoms with Crippen LogP contribution in [0.5, 0.6) is 0 Å². The molecule has 12 heteroatoms. The van der Waals surface area contributed by atoms with Gasteiger partial charge in [-0.1, -0.05) is 23.2 Å². The molecule has 132 valence electrons. The molecule has 0 aliphatic heterocycles. The summed E-state index contributed by atoms with van der Waals surface area (Å²) in [6.45, 7) is 0. The molecule has 7 nitrogen and oxygen atoms in total. The van der Waals surface area contributed by atoms with Gasteiger partial charge in [0.05, 0.1) is 21.5 Å². The first-order valence-electron chi connectivity index (χ1n) is 6.26. The Bertz CT molecular complexity index is 854. The molecule has 0 saturated heterocycles. The van der Waals surface area contributed by atoms with Crippen LogP contribution >= 0.6 is 23.2 Å². The van der Waals surface area contributed by atoms with Crippen LogP contribution in [-0.2, 0) is 6.18 Å². The number of halogens is 5. The highest BCUT2D eigenvalue weighted by atomic mass is 35.5. The highest BCUT2D eigenvalue weighted by Crippen LogP contribution is 2.44. The first kappa shape index (κ1) is 18.7. The number of hydrogen-bond acceptors (Lipinski definition) is 5. The molecule has 0 spiro atoms. The third-order valence-corrected chi connectivity index (χ3v) is 3.38. The van der Waals surface area contributed by atoms with E-state index in [0.29, 0.717) is 6.07 Å². The predicted molar refractivity (Wildman–Crippen MR) is 84.5 cm³/mol. The number of hydrogen-bond donors (Lipinski definition) is 1. The van der Waals surface area contributed by atoms with Crippen molar-refractivity contribution in [1.82, 2.24) is 0 Å². The van der Waals surface area contributed by atoms with E-state index in [1.807, 2.05) is 0 Å². The second kappa shape index (κ2) is 6.73. The lowest BCUT2D eigenvalue weighted by atomic mass is 10.1. The molecule has 0 amide bonds. The largest absolute Gasteiger partial charge is 0.418 e. The van der Waals surface area contributed by atoms with Crippen molar-refractivity contribution < 1.29 is 23.0 Å². The Kier molecular flexibility index (Phi) is 5.04. The van der Waals surface area contributed by atoms with E-state index in [9.17, 15) is 33.4 Å². The van der Waals surface area contributed by atoms with Crippen LogP contribution < -0.4 is 5.32 Å². The van der Waals surface area contributed by atoms with Crippen LogP contribution in [0.2, 0.25) is 10.0 Å². The maximum Gasteiger partial charge on any atom is 0.418 e. The minimum absolute atomic E-state index is 0.0556. The van der Waals surface area contributed by atoms with Crippen molar-refractivity contribution >= 4 is 46.0 Å². The average molecular weight is 396 g/mol. The van der Waals surface area contributed by atoms with E-state index in [-0.39, 0.29) is 21.8 Å². The molecule has 0 atom stereocenters. The summed E-state index contributed by atoms with van der Waals surface area (Å²) in [7, 11) is 0. The molecule has 1 N–H and O–H groups in total. The van der Waals surface area contributed by atoms with Crippen LogP contribution in [0.15, 0.2) is 30.3 Å². The molecule has 0 heterocycles. The summed E-state index contributed by atoms with van der Waals surface area (Å²) in [5, 5.41) is 24.3. The molecule has 0 saturated carbocycles. The Morgan fingerprint density at radius 3 is 1.92 bits per heavy atom. The number of non-ortho nitro benzene ring substituents is 1. The van der Waals surface area contributed by atoms with Gasteiger partial charge < -0.3 is 5.32 Å². The van der Waals surface area contributed by atoms with Gasteiger partial charge in [-0.2, -0.15) is 13.2 Å². The molecule has 0 aliphatic carbocycles. The number of rotatable bonds is 4. The fraction of sp³-hybridized carbons (Fsp3) is 0.0769. The van der Waals surface area contributed by atoms with Gasteiger partial charge in [0.25, 0.3) is 11.4 Å². The zero-order valence-corrected chi connectivity index (χ0v) is 13.3. The zero-order valence-electron chi connectivity index (χ0n) is 11.8. The van der Waals surface area contributed by atoms with Crippen molar-refractivity contribution in [3.8, 4) is 0 Å². The van der Waals surface area contributed by atoms with Crippen LogP contribution in [0.3, 0.4) is 0 Å². The summed E-state index contributed by atoms with van der Waals surface area (Å²) >= 11 is 11.5. The van der Waals surface area contributed by atoms with Crippen LogP contribution in [0, 0.1) is 20.2 Å². The summed E-state index contributed by atoms with van der Waals surface area (Å²) in [5.74, 6) is 0. The van der Waals surface area contributed by atoms with Crippen LogP contribution in [0.25, 0.3) is 0 Å². The standard InChI is InChI=1S/C13H6Cl2F3N3O4/c14-6-1-7(15)3-8(2-6)19-12-10(13(16,17)18)4-9(20(22)23)5-11(12)21(24)25/h1-5,19H. The van der Waals surface area contributed by atoms with Gasteiger partial charge in [0.2, 0.25) is 0 Å². The minimum atomic E-state index is -5.08. The van der Waals surface area contributed by atoms with Crippen molar-refractivity contribution in [2.45, 2.75) is 6.18 Å². The highest BCUT2D eigenvalue weighted by Gasteiger charge is 2.39. The Morgan fingerprint density at radius 2 is 1.48 bits per heavy atom. The van der Waals surface area contributed by atoms with E-state index < -0.39 is 38.6 Å². The molecule has 2 rings (SSSR count). The first-order chi connectivity index (χ1) is 11.5. The number of nitro groups is 2. The predicted octanol–water partition coefficient (Wildman–Crippen LogP) is 5.57. The summed E-state index contributed by atoms with van der Waals surface area (Å²) in [6.07, 6.45) is -5.08. The molecule has 25 heavy (non-hydrogen) atoms. The smallest absolute Gasteiger partial charge is 0.349 e. The molecule has 0 radical (unpaired) electrons. The number of nitrogens with one attached hydrogen (secondary N) is 1. The zero-order chi connectivity index (χ0) is 18.9. The van der Waals surface area contributed by atoms with Gasteiger partial charge in [0, 0.05) is 21.8 Å². The third kappa shape index (κ3) is 4.28. The summed E-state index contributed by atoms with van der Waals surface area (Å²) in [6, 6.07) is 4.34. The van der Waals surface area contributed by atoms with E-state index in [1.165, 1.54) is 18.2 Å². The molecular formula is C13H6Cl2F3N3O4. The fourth-order valence-corrected chi connectivity index (χ4v) is 2.51. The molecule has 0 unspecified atom stereocenters. The lowest BCUT2D eigenvalue weighted by Crippen LogP contribution is -2.12. The molecule has 2 aromatic carbocycles. The Labute approximate surface area is 147 Å². The van der Waals surface area contributed by atoms with Crippen molar-refractivity contribution in [2.75, 3.05) is 5.32 Å².